The lowest BCUT2D eigenvalue weighted by Gasteiger charge is -2.25. The second-order valence-electron chi connectivity index (χ2n) is 3.72. The summed E-state index contributed by atoms with van der Waals surface area (Å²) in [6.07, 6.45) is 2.18. The molecule has 1 atom stereocenters. The lowest BCUT2D eigenvalue weighted by molar-refractivity contribution is 0.691. The van der Waals surface area contributed by atoms with Crippen LogP contribution in [0.25, 0.3) is 0 Å². The molecule has 0 amide bonds. The topological polar surface area (TPSA) is 64.8 Å². The Balaban J connectivity index is 2.95. The molecule has 1 aromatic rings. The highest BCUT2D eigenvalue weighted by atomic mass is 79.9. The largest absolute Gasteiger partial charge is 0.355 e. The lowest BCUT2D eigenvalue weighted by atomic mass is 10.2. The van der Waals surface area contributed by atoms with Gasteiger partial charge in [0.05, 0.1) is 17.0 Å². The van der Waals surface area contributed by atoms with Gasteiger partial charge >= 0.3 is 0 Å². The molecule has 92 valence electrons. The van der Waals surface area contributed by atoms with Gasteiger partial charge in [-0.3, -0.25) is 0 Å². The van der Waals surface area contributed by atoms with E-state index in [1.54, 1.807) is 6.20 Å². The van der Waals surface area contributed by atoms with Crippen molar-refractivity contribution in [3.63, 3.8) is 0 Å². The molecule has 0 aromatic carbocycles. The summed E-state index contributed by atoms with van der Waals surface area (Å²) >= 11 is 3.42. The number of aromatic nitrogens is 2. The maximum atomic E-state index is 8.71. The van der Waals surface area contributed by atoms with Crippen LogP contribution in [0, 0.1) is 11.3 Å². The van der Waals surface area contributed by atoms with Crippen LogP contribution >= 0.6 is 15.9 Å². The molecule has 1 heterocycles. The minimum Gasteiger partial charge on any atom is -0.355 e. The van der Waals surface area contributed by atoms with Crippen molar-refractivity contribution < 1.29 is 0 Å². The average Bonchev–Trinajstić information content (AvgIpc) is 2.31. The van der Waals surface area contributed by atoms with E-state index in [-0.39, 0.29) is 6.04 Å². The third kappa shape index (κ3) is 3.56. The van der Waals surface area contributed by atoms with Crippen molar-refractivity contribution in [1.82, 2.24) is 9.97 Å². The van der Waals surface area contributed by atoms with Crippen molar-refractivity contribution in [3.05, 3.63) is 10.7 Å². The molecule has 1 N–H and O–H groups in total. The number of hydrogen-bond acceptors (Lipinski definition) is 5. The molecule has 0 aliphatic carbocycles. The van der Waals surface area contributed by atoms with Crippen LogP contribution in [0.15, 0.2) is 10.7 Å². The minimum atomic E-state index is 0.112. The van der Waals surface area contributed by atoms with Crippen LogP contribution in [0.3, 0.4) is 0 Å². The summed E-state index contributed by atoms with van der Waals surface area (Å²) in [7, 11) is 1.92. The first kappa shape index (κ1) is 13.7. The molecule has 1 aromatic heterocycles. The number of nitriles is 1. The summed E-state index contributed by atoms with van der Waals surface area (Å²) in [5.41, 5.74) is 0. The van der Waals surface area contributed by atoms with Gasteiger partial charge in [-0.1, -0.05) is 0 Å². The Morgan fingerprint density at radius 3 is 2.94 bits per heavy atom. The molecule has 0 aliphatic heterocycles. The number of halogens is 1. The first-order valence-electron chi connectivity index (χ1n) is 5.46. The fourth-order valence-corrected chi connectivity index (χ4v) is 1.80. The van der Waals surface area contributed by atoms with Crippen LogP contribution in [-0.2, 0) is 0 Å². The maximum Gasteiger partial charge on any atom is 0.224 e. The SMILES string of the molecule is CCNc1ncc(Br)c(N(C)C(C)CC#N)n1. The fourth-order valence-electron chi connectivity index (χ4n) is 1.33. The first-order chi connectivity index (χ1) is 8.10. The van der Waals surface area contributed by atoms with E-state index in [2.05, 4.69) is 37.3 Å². The molecular formula is C11H16BrN5. The molecule has 0 saturated heterocycles. The third-order valence-corrected chi connectivity index (χ3v) is 3.00. The van der Waals surface area contributed by atoms with E-state index in [0.29, 0.717) is 12.4 Å². The lowest BCUT2D eigenvalue weighted by Crippen LogP contribution is -2.29. The molecule has 0 aliphatic rings. The van der Waals surface area contributed by atoms with Gasteiger partial charge in [0.25, 0.3) is 0 Å². The molecule has 1 rings (SSSR count). The standard InChI is InChI=1S/C11H16BrN5/c1-4-14-11-15-7-9(12)10(16-11)17(3)8(2)5-6-13/h7-8H,4-5H2,1-3H3,(H,14,15,16). The summed E-state index contributed by atoms with van der Waals surface area (Å²) in [4.78, 5) is 10.5. The van der Waals surface area contributed by atoms with E-state index in [1.807, 2.05) is 25.8 Å². The smallest absolute Gasteiger partial charge is 0.224 e. The number of rotatable bonds is 5. The summed E-state index contributed by atoms with van der Waals surface area (Å²) in [6, 6.07) is 2.27. The highest BCUT2D eigenvalue weighted by Gasteiger charge is 2.15. The van der Waals surface area contributed by atoms with Gasteiger partial charge in [0.15, 0.2) is 0 Å². The van der Waals surface area contributed by atoms with E-state index in [4.69, 9.17) is 5.26 Å². The quantitative estimate of drug-likeness (QED) is 0.904. The fraction of sp³-hybridized carbons (Fsp3) is 0.545. The Bertz CT molecular complexity index is 415. The number of anilines is 2. The normalized spacial score (nSPS) is 11.7. The zero-order valence-corrected chi connectivity index (χ0v) is 11.8. The van der Waals surface area contributed by atoms with E-state index in [1.165, 1.54) is 0 Å². The summed E-state index contributed by atoms with van der Waals surface area (Å²) in [6.45, 7) is 4.76. The molecule has 0 fully saturated rings. The van der Waals surface area contributed by atoms with Gasteiger partial charge in [-0.25, -0.2) is 4.98 Å². The Kier molecular flexibility index (Phi) is 5.16. The second kappa shape index (κ2) is 6.40. The van der Waals surface area contributed by atoms with E-state index in [9.17, 15) is 0 Å². The summed E-state index contributed by atoms with van der Waals surface area (Å²) in [5, 5.41) is 11.8. The zero-order valence-electron chi connectivity index (χ0n) is 10.2. The molecule has 17 heavy (non-hydrogen) atoms. The van der Waals surface area contributed by atoms with Crippen molar-refractivity contribution in [1.29, 1.82) is 5.26 Å². The predicted molar refractivity (Wildman–Crippen MR) is 72.0 cm³/mol. The van der Waals surface area contributed by atoms with Crippen LogP contribution in [0.4, 0.5) is 11.8 Å². The van der Waals surface area contributed by atoms with Gasteiger partial charge in [-0.15, -0.1) is 0 Å². The van der Waals surface area contributed by atoms with Gasteiger partial charge in [0.1, 0.15) is 5.82 Å². The molecule has 0 bridgehead atoms. The monoisotopic (exact) mass is 297 g/mol. The third-order valence-electron chi connectivity index (χ3n) is 2.44. The molecule has 5 nitrogen and oxygen atoms in total. The Labute approximate surface area is 110 Å². The molecule has 1 unspecified atom stereocenters. The molecule has 0 radical (unpaired) electrons. The number of hydrogen-bond donors (Lipinski definition) is 1. The van der Waals surface area contributed by atoms with Gasteiger partial charge in [0.2, 0.25) is 5.95 Å². The number of nitrogens with zero attached hydrogens (tertiary/aromatic N) is 4. The highest BCUT2D eigenvalue weighted by Crippen LogP contribution is 2.25. The van der Waals surface area contributed by atoms with E-state index >= 15 is 0 Å². The van der Waals surface area contributed by atoms with Gasteiger partial charge < -0.3 is 10.2 Å². The molecule has 6 heteroatoms. The van der Waals surface area contributed by atoms with Crippen molar-refractivity contribution in [2.24, 2.45) is 0 Å². The predicted octanol–water partition coefficient (Wildman–Crippen LogP) is 2.41. The Morgan fingerprint density at radius 2 is 2.35 bits per heavy atom. The molecule has 0 spiro atoms. The van der Waals surface area contributed by atoms with E-state index in [0.717, 1.165) is 16.8 Å². The Hall–Kier alpha value is -1.35. The van der Waals surface area contributed by atoms with Gasteiger partial charge in [-0.05, 0) is 29.8 Å². The molecular weight excluding hydrogens is 282 g/mol. The van der Waals surface area contributed by atoms with Crippen LogP contribution in [-0.4, -0.2) is 29.6 Å². The minimum absolute atomic E-state index is 0.112. The van der Waals surface area contributed by atoms with E-state index < -0.39 is 0 Å². The summed E-state index contributed by atoms with van der Waals surface area (Å²) in [5.74, 6) is 1.39. The average molecular weight is 298 g/mol. The maximum absolute atomic E-state index is 8.71. The highest BCUT2D eigenvalue weighted by molar-refractivity contribution is 9.10. The Morgan fingerprint density at radius 1 is 1.65 bits per heavy atom. The molecule has 0 saturated carbocycles. The van der Waals surface area contributed by atoms with Gasteiger partial charge in [-0.2, -0.15) is 10.2 Å². The summed E-state index contributed by atoms with van der Waals surface area (Å²) < 4.78 is 0.825. The van der Waals surface area contributed by atoms with Gasteiger partial charge in [0, 0.05) is 25.8 Å². The van der Waals surface area contributed by atoms with Crippen LogP contribution < -0.4 is 10.2 Å². The van der Waals surface area contributed by atoms with Crippen molar-refractivity contribution >= 4 is 27.7 Å². The van der Waals surface area contributed by atoms with Crippen LogP contribution in [0.5, 0.6) is 0 Å². The van der Waals surface area contributed by atoms with Crippen molar-refractivity contribution in [2.45, 2.75) is 26.3 Å². The number of nitrogens with one attached hydrogen (secondary N) is 1. The zero-order chi connectivity index (χ0) is 12.8. The van der Waals surface area contributed by atoms with Crippen LogP contribution in [0.1, 0.15) is 20.3 Å². The van der Waals surface area contributed by atoms with Crippen LogP contribution in [0.2, 0.25) is 0 Å². The first-order valence-corrected chi connectivity index (χ1v) is 6.25. The van der Waals surface area contributed by atoms with Crippen molar-refractivity contribution in [3.8, 4) is 6.07 Å². The second-order valence-corrected chi connectivity index (χ2v) is 4.57. The van der Waals surface area contributed by atoms with Crippen molar-refractivity contribution in [2.75, 3.05) is 23.8 Å².